The highest BCUT2D eigenvalue weighted by Crippen LogP contribution is 2.35. The number of nitrogens with zero attached hydrogens (tertiary/aromatic N) is 2. The van der Waals surface area contributed by atoms with Gasteiger partial charge in [-0.25, -0.2) is 8.42 Å². The van der Waals surface area contributed by atoms with Crippen molar-refractivity contribution in [2.75, 3.05) is 44.8 Å². The van der Waals surface area contributed by atoms with Crippen LogP contribution >= 0.6 is 0 Å². The van der Waals surface area contributed by atoms with Gasteiger partial charge in [0.25, 0.3) is 10.0 Å². The van der Waals surface area contributed by atoms with Crippen LogP contribution in [0, 0.1) is 5.92 Å². The molecular formula is C25H29F3N2O7S. The molecule has 9 nitrogen and oxygen atoms in total. The Balaban J connectivity index is 1.95. The van der Waals surface area contributed by atoms with Crippen molar-refractivity contribution in [3.05, 3.63) is 48.0 Å². The monoisotopic (exact) mass is 558 g/mol. The standard InChI is InChI=1S/C25H29F3N2O7S/c1-4-37-24(32)17-10-12-29(13-11-17)23(31)16-30(19-7-5-6-18(14-19)25(26,27)28)38(33,34)20-8-9-21(35-2)22(15-20)36-3/h5-9,14-15,17H,4,10-13,16H2,1-3H3. The van der Waals surface area contributed by atoms with Gasteiger partial charge in [0.1, 0.15) is 6.54 Å². The number of ether oxygens (including phenoxy) is 3. The molecule has 1 heterocycles. The number of hydrogen-bond acceptors (Lipinski definition) is 7. The zero-order valence-corrected chi connectivity index (χ0v) is 22.0. The van der Waals surface area contributed by atoms with E-state index in [2.05, 4.69) is 0 Å². The number of rotatable bonds is 9. The van der Waals surface area contributed by atoms with Crippen LogP contribution in [0.25, 0.3) is 0 Å². The average molecular weight is 559 g/mol. The smallest absolute Gasteiger partial charge is 0.416 e. The van der Waals surface area contributed by atoms with Gasteiger partial charge in [-0.2, -0.15) is 13.2 Å². The van der Waals surface area contributed by atoms with Gasteiger partial charge in [-0.05, 0) is 50.1 Å². The molecule has 13 heteroatoms. The topological polar surface area (TPSA) is 102 Å². The van der Waals surface area contributed by atoms with Crippen molar-refractivity contribution < 1.29 is 45.4 Å². The first kappa shape index (κ1) is 29.1. The van der Waals surface area contributed by atoms with Crippen molar-refractivity contribution in [1.29, 1.82) is 0 Å². The molecule has 0 aromatic heterocycles. The number of anilines is 1. The molecule has 0 bridgehead atoms. The van der Waals surface area contributed by atoms with E-state index < -0.39 is 34.2 Å². The average Bonchev–Trinajstić information content (AvgIpc) is 2.90. The lowest BCUT2D eigenvalue weighted by Crippen LogP contribution is -2.46. The highest BCUT2D eigenvalue weighted by molar-refractivity contribution is 7.92. The van der Waals surface area contributed by atoms with Gasteiger partial charge in [0.15, 0.2) is 11.5 Å². The van der Waals surface area contributed by atoms with Gasteiger partial charge in [-0.1, -0.05) is 6.07 Å². The van der Waals surface area contributed by atoms with Crippen molar-refractivity contribution in [1.82, 2.24) is 4.90 Å². The Morgan fingerprint density at radius 1 is 1.03 bits per heavy atom. The first-order valence-electron chi connectivity index (χ1n) is 11.8. The summed E-state index contributed by atoms with van der Waals surface area (Å²) < 4.78 is 83.7. The van der Waals surface area contributed by atoms with Crippen molar-refractivity contribution in [2.24, 2.45) is 5.92 Å². The number of alkyl halides is 3. The number of methoxy groups -OCH3 is 2. The van der Waals surface area contributed by atoms with Gasteiger partial charge < -0.3 is 19.1 Å². The minimum Gasteiger partial charge on any atom is -0.493 e. The van der Waals surface area contributed by atoms with E-state index in [1.54, 1.807) is 6.92 Å². The Hall–Kier alpha value is -3.48. The predicted molar refractivity (Wildman–Crippen MR) is 131 cm³/mol. The number of benzene rings is 2. The number of piperidine rings is 1. The fourth-order valence-corrected chi connectivity index (χ4v) is 5.53. The van der Waals surface area contributed by atoms with Crippen molar-refractivity contribution in [3.8, 4) is 11.5 Å². The SMILES string of the molecule is CCOC(=O)C1CCN(C(=O)CN(c2cccc(C(F)(F)F)c2)S(=O)(=O)c2ccc(OC)c(OC)c2)CC1. The summed E-state index contributed by atoms with van der Waals surface area (Å²) in [5, 5.41) is 0. The van der Waals surface area contributed by atoms with Crippen LogP contribution in [-0.4, -0.2) is 65.7 Å². The molecule has 0 N–H and O–H groups in total. The van der Waals surface area contributed by atoms with Crippen LogP contribution < -0.4 is 13.8 Å². The molecule has 0 aliphatic carbocycles. The number of likely N-dealkylation sites (tertiary alicyclic amines) is 1. The van der Waals surface area contributed by atoms with Crippen molar-refractivity contribution in [3.63, 3.8) is 0 Å². The second-order valence-corrected chi connectivity index (χ2v) is 10.3. The summed E-state index contributed by atoms with van der Waals surface area (Å²) in [7, 11) is -1.86. The van der Waals surface area contributed by atoms with Crippen LogP contribution in [0.3, 0.4) is 0 Å². The largest absolute Gasteiger partial charge is 0.493 e. The number of halogens is 3. The molecule has 1 aliphatic rings. The maximum Gasteiger partial charge on any atom is 0.416 e. The Labute approximate surface area is 219 Å². The fourth-order valence-electron chi connectivity index (χ4n) is 4.10. The summed E-state index contributed by atoms with van der Waals surface area (Å²) in [6, 6.07) is 7.48. The van der Waals surface area contributed by atoms with E-state index in [1.807, 2.05) is 0 Å². The molecule has 0 atom stereocenters. The number of amides is 1. The summed E-state index contributed by atoms with van der Waals surface area (Å²) in [4.78, 5) is 26.3. The van der Waals surface area contributed by atoms with Gasteiger partial charge in [0, 0.05) is 19.2 Å². The third-order valence-corrected chi connectivity index (χ3v) is 7.92. The van der Waals surface area contributed by atoms with Crippen molar-refractivity contribution in [2.45, 2.75) is 30.8 Å². The molecule has 2 aromatic rings. The lowest BCUT2D eigenvalue weighted by atomic mass is 9.97. The number of esters is 1. The highest BCUT2D eigenvalue weighted by atomic mass is 32.2. The molecule has 1 amide bonds. The molecule has 38 heavy (non-hydrogen) atoms. The van der Waals surface area contributed by atoms with E-state index >= 15 is 0 Å². The molecule has 2 aromatic carbocycles. The van der Waals surface area contributed by atoms with Gasteiger partial charge in [-0.15, -0.1) is 0 Å². The molecule has 3 rings (SSSR count). The summed E-state index contributed by atoms with van der Waals surface area (Å²) in [5.74, 6) is -1.02. The Bertz CT molecular complexity index is 1260. The minimum absolute atomic E-state index is 0.0879. The molecule has 1 aliphatic heterocycles. The van der Waals surface area contributed by atoms with E-state index in [4.69, 9.17) is 14.2 Å². The molecule has 1 saturated heterocycles. The maximum atomic E-state index is 13.7. The molecule has 208 valence electrons. The third-order valence-electron chi connectivity index (χ3n) is 6.15. The molecule has 0 unspecified atom stereocenters. The molecule has 0 radical (unpaired) electrons. The summed E-state index contributed by atoms with van der Waals surface area (Å²) >= 11 is 0. The first-order chi connectivity index (χ1) is 17.9. The Kier molecular flexibility index (Phi) is 9.13. The van der Waals surface area contributed by atoms with Gasteiger partial charge in [0.05, 0.1) is 42.9 Å². The van der Waals surface area contributed by atoms with Gasteiger partial charge >= 0.3 is 12.1 Å². The number of carbonyl (C=O) groups excluding carboxylic acids is 2. The van der Waals surface area contributed by atoms with E-state index in [-0.39, 0.29) is 53.7 Å². The van der Waals surface area contributed by atoms with Crippen LogP contribution in [0.5, 0.6) is 11.5 Å². The molecule has 1 fully saturated rings. The first-order valence-corrected chi connectivity index (χ1v) is 13.2. The Morgan fingerprint density at radius 2 is 1.68 bits per heavy atom. The van der Waals surface area contributed by atoms with E-state index in [0.717, 1.165) is 12.1 Å². The van der Waals surface area contributed by atoms with Gasteiger partial charge in [-0.3, -0.25) is 13.9 Å². The van der Waals surface area contributed by atoms with Crippen LogP contribution in [0.15, 0.2) is 47.4 Å². The van der Waals surface area contributed by atoms with Crippen LogP contribution in [0.4, 0.5) is 18.9 Å². The maximum absolute atomic E-state index is 13.7. The molecular weight excluding hydrogens is 529 g/mol. The Morgan fingerprint density at radius 3 is 2.26 bits per heavy atom. The third kappa shape index (κ3) is 6.50. The lowest BCUT2D eigenvalue weighted by Gasteiger charge is -2.33. The zero-order chi connectivity index (χ0) is 28.1. The second kappa shape index (κ2) is 11.9. The number of carbonyl (C=O) groups is 2. The van der Waals surface area contributed by atoms with Crippen LogP contribution in [-0.2, 0) is 30.5 Å². The normalized spacial score (nSPS) is 14.6. The second-order valence-electron chi connectivity index (χ2n) is 8.48. The highest BCUT2D eigenvalue weighted by Gasteiger charge is 2.35. The van der Waals surface area contributed by atoms with Crippen LogP contribution in [0.2, 0.25) is 0 Å². The van der Waals surface area contributed by atoms with Gasteiger partial charge in [0.2, 0.25) is 5.91 Å². The molecule has 0 saturated carbocycles. The summed E-state index contributed by atoms with van der Waals surface area (Å²) in [6.45, 7) is 1.53. The fraction of sp³-hybridized carbons (Fsp3) is 0.440. The van der Waals surface area contributed by atoms with E-state index in [9.17, 15) is 31.2 Å². The lowest BCUT2D eigenvalue weighted by molar-refractivity contribution is -0.151. The van der Waals surface area contributed by atoms with Crippen molar-refractivity contribution >= 4 is 27.6 Å². The minimum atomic E-state index is -4.73. The van der Waals surface area contributed by atoms with Crippen LogP contribution in [0.1, 0.15) is 25.3 Å². The summed E-state index contributed by atoms with van der Waals surface area (Å²) in [6.07, 6.45) is -4.07. The van der Waals surface area contributed by atoms with E-state index in [0.29, 0.717) is 23.2 Å². The quantitative estimate of drug-likeness (QED) is 0.433. The number of hydrogen-bond donors (Lipinski definition) is 0. The van der Waals surface area contributed by atoms with E-state index in [1.165, 1.54) is 43.4 Å². The predicted octanol–water partition coefficient (Wildman–Crippen LogP) is 3.72. The summed E-state index contributed by atoms with van der Waals surface area (Å²) in [5.41, 5.74) is -1.39. The zero-order valence-electron chi connectivity index (χ0n) is 21.2. The molecule has 0 spiro atoms. The number of sulfonamides is 1.